The molecule has 3 aromatic carbocycles. The number of aromatic nitrogens is 2. The average Bonchev–Trinajstić information content (AvgIpc) is 2.98. The monoisotopic (exact) mass is 314 g/mol. The average molecular weight is 314 g/mol. The van der Waals surface area contributed by atoms with E-state index in [1.165, 1.54) is 10.8 Å². The van der Waals surface area contributed by atoms with Crippen LogP contribution in [0.5, 0.6) is 5.88 Å². The molecule has 4 rings (SSSR count). The molecule has 4 aromatic rings. The van der Waals surface area contributed by atoms with Crippen LogP contribution in [0, 0.1) is 6.92 Å². The molecule has 118 valence electrons. The highest BCUT2D eigenvalue weighted by molar-refractivity contribution is 5.88. The molecule has 0 saturated carbocycles. The minimum Gasteiger partial charge on any atom is -0.480 e. The highest BCUT2D eigenvalue weighted by Crippen LogP contribution is 2.36. The fourth-order valence-electron chi connectivity index (χ4n) is 3.12. The molecule has 1 aromatic heterocycles. The van der Waals surface area contributed by atoms with Crippen LogP contribution in [0.15, 0.2) is 72.8 Å². The van der Waals surface area contributed by atoms with Crippen LogP contribution in [0.25, 0.3) is 27.6 Å². The summed E-state index contributed by atoms with van der Waals surface area (Å²) in [5.74, 6) is 0.758. The summed E-state index contributed by atoms with van der Waals surface area (Å²) in [6.45, 7) is 2.02. The van der Waals surface area contributed by atoms with E-state index in [1.54, 1.807) is 7.11 Å². The molecule has 0 radical (unpaired) electrons. The Morgan fingerprint density at radius 2 is 1.54 bits per heavy atom. The van der Waals surface area contributed by atoms with Gasteiger partial charge in [0.15, 0.2) is 0 Å². The van der Waals surface area contributed by atoms with Crippen molar-refractivity contribution in [2.75, 3.05) is 7.11 Å². The molecule has 0 fully saturated rings. The Kier molecular flexibility index (Phi) is 3.54. The molecule has 3 nitrogen and oxygen atoms in total. The smallest absolute Gasteiger partial charge is 0.224 e. The Balaban J connectivity index is 1.92. The van der Waals surface area contributed by atoms with E-state index in [1.807, 2.05) is 41.9 Å². The number of hydrogen-bond donors (Lipinski definition) is 0. The lowest BCUT2D eigenvalue weighted by Gasteiger charge is -2.09. The van der Waals surface area contributed by atoms with Gasteiger partial charge >= 0.3 is 0 Å². The predicted molar refractivity (Wildman–Crippen MR) is 97.8 cm³/mol. The number of hydrogen-bond acceptors (Lipinski definition) is 2. The van der Waals surface area contributed by atoms with Crippen molar-refractivity contribution in [1.29, 1.82) is 0 Å². The molecule has 0 saturated heterocycles. The number of methoxy groups -OCH3 is 1. The summed E-state index contributed by atoms with van der Waals surface area (Å²) in [4.78, 5) is 0. The maximum atomic E-state index is 5.72. The first kappa shape index (κ1) is 14.5. The highest BCUT2D eigenvalue weighted by atomic mass is 16.5. The van der Waals surface area contributed by atoms with Gasteiger partial charge in [0.1, 0.15) is 0 Å². The second kappa shape index (κ2) is 5.85. The molecule has 0 atom stereocenters. The van der Waals surface area contributed by atoms with Gasteiger partial charge in [0.2, 0.25) is 5.88 Å². The third-order valence-corrected chi connectivity index (χ3v) is 4.25. The lowest BCUT2D eigenvalue weighted by molar-refractivity contribution is 0.385. The lowest BCUT2D eigenvalue weighted by atomic mass is 10.0. The van der Waals surface area contributed by atoms with E-state index in [0.29, 0.717) is 0 Å². The van der Waals surface area contributed by atoms with Gasteiger partial charge in [-0.2, -0.15) is 5.10 Å². The Hall–Kier alpha value is -3.07. The van der Waals surface area contributed by atoms with E-state index < -0.39 is 0 Å². The number of rotatable bonds is 3. The molecule has 0 unspecified atom stereocenters. The normalized spacial score (nSPS) is 10.9. The van der Waals surface area contributed by atoms with E-state index in [4.69, 9.17) is 9.84 Å². The van der Waals surface area contributed by atoms with Crippen LogP contribution >= 0.6 is 0 Å². The Morgan fingerprint density at radius 3 is 2.29 bits per heavy atom. The molecule has 0 aliphatic rings. The number of aryl methyl sites for hydroxylation is 1. The van der Waals surface area contributed by atoms with Crippen molar-refractivity contribution < 1.29 is 4.74 Å². The zero-order valence-electron chi connectivity index (χ0n) is 13.7. The van der Waals surface area contributed by atoms with E-state index in [-0.39, 0.29) is 0 Å². The maximum Gasteiger partial charge on any atom is 0.224 e. The first-order valence-electron chi connectivity index (χ1n) is 7.96. The van der Waals surface area contributed by atoms with Crippen LogP contribution in [-0.2, 0) is 0 Å². The minimum absolute atomic E-state index is 0.758. The van der Waals surface area contributed by atoms with Crippen molar-refractivity contribution in [2.45, 2.75) is 6.92 Å². The summed E-state index contributed by atoms with van der Waals surface area (Å²) in [6, 6.07) is 24.9. The van der Waals surface area contributed by atoms with Crippen molar-refractivity contribution in [3.63, 3.8) is 0 Å². The SMILES string of the molecule is COc1c(-c2ccc3ccccc3c2)c(C)nn1-c1ccccc1. The Labute approximate surface area is 141 Å². The van der Waals surface area contributed by atoms with Gasteiger partial charge in [-0.15, -0.1) is 0 Å². The molecular formula is C21H18N2O. The first-order chi connectivity index (χ1) is 11.8. The largest absolute Gasteiger partial charge is 0.480 e. The van der Waals surface area contributed by atoms with Crippen LogP contribution in [0.1, 0.15) is 5.69 Å². The van der Waals surface area contributed by atoms with Crippen molar-refractivity contribution >= 4 is 10.8 Å². The zero-order chi connectivity index (χ0) is 16.5. The van der Waals surface area contributed by atoms with Crippen LogP contribution in [0.4, 0.5) is 0 Å². The number of benzene rings is 3. The Bertz CT molecular complexity index is 1000. The third kappa shape index (κ3) is 2.35. The topological polar surface area (TPSA) is 27.1 Å². The van der Waals surface area contributed by atoms with Gasteiger partial charge in [0.25, 0.3) is 0 Å². The van der Waals surface area contributed by atoms with Gasteiger partial charge in [-0.25, -0.2) is 4.68 Å². The summed E-state index contributed by atoms with van der Waals surface area (Å²) in [7, 11) is 1.69. The summed E-state index contributed by atoms with van der Waals surface area (Å²) in [6.07, 6.45) is 0. The number of nitrogens with zero attached hydrogens (tertiary/aromatic N) is 2. The van der Waals surface area contributed by atoms with E-state index in [2.05, 4.69) is 42.5 Å². The van der Waals surface area contributed by atoms with Gasteiger partial charge in [-0.05, 0) is 41.5 Å². The second-order valence-electron chi connectivity index (χ2n) is 5.78. The molecule has 0 aliphatic heterocycles. The van der Waals surface area contributed by atoms with Crippen LogP contribution < -0.4 is 4.74 Å². The summed E-state index contributed by atoms with van der Waals surface area (Å²) >= 11 is 0. The molecule has 1 heterocycles. The van der Waals surface area contributed by atoms with E-state index in [0.717, 1.165) is 28.4 Å². The molecule has 0 N–H and O–H groups in total. The van der Waals surface area contributed by atoms with Crippen molar-refractivity contribution in [3.8, 4) is 22.7 Å². The van der Waals surface area contributed by atoms with Crippen molar-refractivity contribution in [3.05, 3.63) is 78.5 Å². The second-order valence-corrected chi connectivity index (χ2v) is 5.78. The highest BCUT2D eigenvalue weighted by Gasteiger charge is 2.18. The maximum absolute atomic E-state index is 5.72. The van der Waals surface area contributed by atoms with Crippen LogP contribution in [-0.4, -0.2) is 16.9 Å². The van der Waals surface area contributed by atoms with Gasteiger partial charge in [0, 0.05) is 0 Å². The van der Waals surface area contributed by atoms with Crippen LogP contribution in [0.3, 0.4) is 0 Å². The van der Waals surface area contributed by atoms with Gasteiger partial charge in [0.05, 0.1) is 24.1 Å². The fourth-order valence-corrected chi connectivity index (χ4v) is 3.12. The quantitative estimate of drug-likeness (QED) is 0.531. The van der Waals surface area contributed by atoms with Gasteiger partial charge in [-0.1, -0.05) is 54.6 Å². The van der Waals surface area contributed by atoms with E-state index in [9.17, 15) is 0 Å². The van der Waals surface area contributed by atoms with E-state index >= 15 is 0 Å². The zero-order valence-corrected chi connectivity index (χ0v) is 13.7. The first-order valence-corrected chi connectivity index (χ1v) is 7.96. The number of ether oxygens (including phenoxy) is 1. The van der Waals surface area contributed by atoms with Crippen molar-refractivity contribution in [2.24, 2.45) is 0 Å². The molecule has 0 aliphatic carbocycles. The fraction of sp³-hybridized carbons (Fsp3) is 0.0952. The molecule has 0 amide bonds. The standard InChI is InChI=1S/C21H18N2O/c1-15-20(18-13-12-16-8-6-7-9-17(16)14-18)21(24-2)23(22-15)19-10-4-3-5-11-19/h3-14H,1-2H3. The molecule has 24 heavy (non-hydrogen) atoms. The molecule has 0 spiro atoms. The number of fused-ring (bicyclic) bond motifs is 1. The van der Waals surface area contributed by atoms with Gasteiger partial charge in [-0.3, -0.25) is 0 Å². The molecular weight excluding hydrogens is 296 g/mol. The molecule has 3 heteroatoms. The molecule has 0 bridgehead atoms. The third-order valence-electron chi connectivity index (χ3n) is 4.25. The van der Waals surface area contributed by atoms with Crippen LogP contribution in [0.2, 0.25) is 0 Å². The lowest BCUT2D eigenvalue weighted by Crippen LogP contribution is -1.99. The van der Waals surface area contributed by atoms with Gasteiger partial charge < -0.3 is 4.74 Å². The van der Waals surface area contributed by atoms with Crippen molar-refractivity contribution in [1.82, 2.24) is 9.78 Å². The Morgan fingerprint density at radius 1 is 0.833 bits per heavy atom. The minimum atomic E-state index is 0.758. The number of para-hydroxylation sites is 1. The predicted octanol–water partition coefficient (Wildman–Crippen LogP) is 5.01. The summed E-state index contributed by atoms with van der Waals surface area (Å²) in [5.41, 5.74) is 4.09. The summed E-state index contributed by atoms with van der Waals surface area (Å²) in [5, 5.41) is 7.14. The summed E-state index contributed by atoms with van der Waals surface area (Å²) < 4.78 is 7.58.